The lowest BCUT2D eigenvalue weighted by molar-refractivity contribution is -0.120. The van der Waals surface area contributed by atoms with Crippen LogP contribution in [0.5, 0.6) is 0 Å². The van der Waals surface area contributed by atoms with Gasteiger partial charge in [0.15, 0.2) is 0 Å². The van der Waals surface area contributed by atoms with Crippen LogP contribution in [-0.2, 0) is 4.79 Å². The Hall–Kier alpha value is -1.15. The third-order valence-electron chi connectivity index (χ3n) is 1.68. The number of urea groups is 1. The predicted molar refractivity (Wildman–Crippen MR) is 63.6 cm³/mol. The van der Waals surface area contributed by atoms with Gasteiger partial charge >= 0.3 is 6.03 Å². The molecule has 3 amide bonds. The summed E-state index contributed by atoms with van der Waals surface area (Å²) < 4.78 is 2.30. The molecule has 0 bridgehead atoms. The van der Waals surface area contributed by atoms with Crippen molar-refractivity contribution in [3.05, 3.63) is 30.3 Å². The largest absolute Gasteiger partial charge is 0.387 e. The Morgan fingerprint density at radius 3 is 2.40 bits per heavy atom. The van der Waals surface area contributed by atoms with Crippen LogP contribution in [0, 0.1) is 0 Å². The van der Waals surface area contributed by atoms with Gasteiger partial charge in [-0.15, -0.1) is 0 Å². The van der Waals surface area contributed by atoms with Crippen molar-refractivity contribution in [2.45, 2.75) is 0 Å². The number of aliphatic hydroxyl groups is 1. The van der Waals surface area contributed by atoms with E-state index in [2.05, 4.69) is 3.53 Å². The Morgan fingerprint density at radius 1 is 1.33 bits per heavy atom. The van der Waals surface area contributed by atoms with Crippen molar-refractivity contribution >= 4 is 40.5 Å². The number of amides is 3. The number of nitrogens with zero attached hydrogens (tertiary/aromatic N) is 1. The molecule has 1 rings (SSSR count). The predicted octanol–water partition coefficient (Wildman–Crippen LogP) is 1.07. The lowest BCUT2D eigenvalue weighted by Gasteiger charge is -2.18. The number of hydrogen-bond donors (Lipinski definition) is 2. The molecule has 0 atom stereocenters. The van der Waals surface area contributed by atoms with Crippen LogP contribution in [0.15, 0.2) is 30.3 Å². The molecule has 0 saturated carbocycles. The molecule has 0 aliphatic carbocycles. The summed E-state index contributed by atoms with van der Waals surface area (Å²) in [6.07, 6.45) is 0. The summed E-state index contributed by atoms with van der Waals surface area (Å²) in [5, 5.41) is 8.74. The zero-order chi connectivity index (χ0) is 11.3. The molecular formula is C9H9IN2O3. The minimum absolute atomic E-state index is 0.422. The number of halogens is 1. The van der Waals surface area contributed by atoms with E-state index in [0.717, 1.165) is 4.90 Å². The van der Waals surface area contributed by atoms with Crippen LogP contribution >= 0.6 is 22.9 Å². The Kier molecular flexibility index (Phi) is 4.50. The minimum Gasteiger partial charge on any atom is -0.387 e. The fourth-order valence-electron chi connectivity index (χ4n) is 1.06. The highest BCUT2D eigenvalue weighted by molar-refractivity contribution is 14.1. The Balaban J connectivity index is 3.02. The van der Waals surface area contributed by atoms with E-state index in [1.165, 1.54) is 0 Å². The number of imide groups is 1. The molecule has 5 nitrogen and oxygen atoms in total. The minimum atomic E-state index is -0.709. The standard InChI is InChI=1S/C9H9IN2O3/c10-11-9(15)12(8(14)6-13)7-4-2-1-3-5-7/h1-5,13H,6H2,(H,11,15). The zero-order valence-electron chi connectivity index (χ0n) is 7.68. The smallest absolute Gasteiger partial charge is 0.337 e. The van der Waals surface area contributed by atoms with Crippen molar-refractivity contribution in [2.75, 3.05) is 11.5 Å². The van der Waals surface area contributed by atoms with Crippen molar-refractivity contribution in [3.63, 3.8) is 0 Å². The number of aliphatic hydroxyl groups excluding tert-OH is 1. The number of anilines is 1. The van der Waals surface area contributed by atoms with Gasteiger partial charge in [-0.1, -0.05) is 18.2 Å². The van der Waals surface area contributed by atoms with Crippen molar-refractivity contribution in [1.82, 2.24) is 3.53 Å². The van der Waals surface area contributed by atoms with E-state index in [-0.39, 0.29) is 0 Å². The number of nitrogens with one attached hydrogen (secondary N) is 1. The van der Waals surface area contributed by atoms with Gasteiger partial charge in [-0.3, -0.25) is 8.32 Å². The number of benzene rings is 1. The van der Waals surface area contributed by atoms with Crippen LogP contribution in [-0.4, -0.2) is 23.7 Å². The van der Waals surface area contributed by atoms with Crippen molar-refractivity contribution < 1.29 is 14.7 Å². The lowest BCUT2D eigenvalue weighted by Crippen LogP contribution is -2.42. The number of carbonyl (C=O) groups excluding carboxylic acids is 2. The van der Waals surface area contributed by atoms with E-state index in [1.54, 1.807) is 53.2 Å². The molecule has 0 spiro atoms. The summed E-state index contributed by atoms with van der Waals surface area (Å²) in [7, 11) is 0. The molecule has 0 radical (unpaired) electrons. The fourth-order valence-corrected chi connectivity index (χ4v) is 1.31. The molecule has 0 saturated heterocycles. The molecule has 0 unspecified atom stereocenters. The summed E-state index contributed by atoms with van der Waals surface area (Å²) >= 11 is 1.63. The van der Waals surface area contributed by atoms with Crippen LogP contribution < -0.4 is 8.43 Å². The van der Waals surface area contributed by atoms with Crippen molar-refractivity contribution in [2.24, 2.45) is 0 Å². The molecular weight excluding hydrogens is 311 g/mol. The second-order valence-corrected chi connectivity index (χ2v) is 3.16. The highest BCUT2D eigenvalue weighted by atomic mass is 127. The van der Waals surface area contributed by atoms with Gasteiger partial charge in [0, 0.05) is 0 Å². The molecule has 1 aromatic rings. The maximum Gasteiger partial charge on any atom is 0.337 e. The second kappa shape index (κ2) is 5.66. The normalized spacial score (nSPS) is 9.47. The summed E-state index contributed by atoms with van der Waals surface area (Å²) in [5.41, 5.74) is 0.422. The number of carbonyl (C=O) groups is 2. The summed E-state index contributed by atoms with van der Waals surface area (Å²) in [5.74, 6) is -0.671. The summed E-state index contributed by atoms with van der Waals surface area (Å²) in [4.78, 5) is 23.6. The quantitative estimate of drug-likeness (QED) is 0.633. The van der Waals surface area contributed by atoms with Crippen LogP contribution in [0.4, 0.5) is 10.5 Å². The molecule has 0 heterocycles. The maximum atomic E-state index is 11.4. The van der Waals surface area contributed by atoms with E-state index in [4.69, 9.17) is 5.11 Å². The monoisotopic (exact) mass is 320 g/mol. The van der Waals surface area contributed by atoms with Gasteiger partial charge in [0.1, 0.15) is 6.61 Å². The van der Waals surface area contributed by atoms with E-state index in [1.807, 2.05) is 0 Å². The van der Waals surface area contributed by atoms with E-state index in [0.29, 0.717) is 5.69 Å². The molecule has 80 valence electrons. The lowest BCUT2D eigenvalue weighted by atomic mass is 10.3. The SMILES string of the molecule is O=C(CO)N(C(=O)NI)c1ccccc1. The highest BCUT2D eigenvalue weighted by Crippen LogP contribution is 2.13. The first kappa shape index (κ1) is 11.9. The van der Waals surface area contributed by atoms with Gasteiger partial charge in [-0.2, -0.15) is 0 Å². The van der Waals surface area contributed by atoms with Crippen LogP contribution in [0.3, 0.4) is 0 Å². The number of rotatable bonds is 2. The molecule has 2 N–H and O–H groups in total. The maximum absolute atomic E-state index is 11.4. The van der Waals surface area contributed by atoms with Gasteiger partial charge in [0.2, 0.25) is 0 Å². The Morgan fingerprint density at radius 2 is 1.93 bits per heavy atom. The number of hydrogen-bond acceptors (Lipinski definition) is 3. The Labute approximate surface area is 101 Å². The number of para-hydroxylation sites is 1. The van der Waals surface area contributed by atoms with Crippen molar-refractivity contribution in [3.8, 4) is 0 Å². The molecule has 0 fully saturated rings. The van der Waals surface area contributed by atoms with Gasteiger partial charge in [-0.25, -0.2) is 9.69 Å². The molecule has 6 heteroatoms. The summed E-state index contributed by atoms with van der Waals surface area (Å²) in [6.45, 7) is -0.709. The third-order valence-corrected chi connectivity index (χ3v) is 2.14. The van der Waals surface area contributed by atoms with Crippen molar-refractivity contribution in [1.29, 1.82) is 0 Å². The fraction of sp³-hybridized carbons (Fsp3) is 0.111. The van der Waals surface area contributed by atoms with Gasteiger partial charge < -0.3 is 5.11 Å². The molecule has 0 aliphatic heterocycles. The highest BCUT2D eigenvalue weighted by Gasteiger charge is 2.21. The molecule has 1 aromatic carbocycles. The zero-order valence-corrected chi connectivity index (χ0v) is 9.84. The van der Waals surface area contributed by atoms with Crippen LogP contribution in [0.2, 0.25) is 0 Å². The summed E-state index contributed by atoms with van der Waals surface area (Å²) in [6, 6.07) is 7.81. The van der Waals surface area contributed by atoms with E-state index >= 15 is 0 Å². The average Bonchev–Trinajstić information content (AvgIpc) is 2.30. The second-order valence-electron chi connectivity index (χ2n) is 2.62. The first-order valence-electron chi connectivity index (χ1n) is 4.10. The first-order chi connectivity index (χ1) is 7.20. The van der Waals surface area contributed by atoms with Crippen LogP contribution in [0.1, 0.15) is 0 Å². The van der Waals surface area contributed by atoms with Gasteiger partial charge in [-0.05, 0) is 12.1 Å². The molecule has 0 aromatic heterocycles. The van der Waals surface area contributed by atoms with Crippen LogP contribution in [0.25, 0.3) is 0 Å². The third kappa shape index (κ3) is 2.90. The average molecular weight is 320 g/mol. The topological polar surface area (TPSA) is 69.6 Å². The van der Waals surface area contributed by atoms with E-state index in [9.17, 15) is 9.59 Å². The molecule has 15 heavy (non-hydrogen) atoms. The Bertz CT molecular complexity index is 340. The first-order valence-corrected chi connectivity index (χ1v) is 5.18. The van der Waals surface area contributed by atoms with Gasteiger partial charge in [0.25, 0.3) is 5.91 Å². The molecule has 0 aliphatic rings. The van der Waals surface area contributed by atoms with Gasteiger partial charge in [0.05, 0.1) is 28.6 Å². The van der Waals surface area contributed by atoms with E-state index < -0.39 is 18.5 Å².